The smallest absolute Gasteiger partial charge is 0.271 e. The van der Waals surface area contributed by atoms with Gasteiger partial charge in [-0.05, 0) is 24.6 Å². The van der Waals surface area contributed by atoms with Crippen LogP contribution >= 0.6 is 11.6 Å². The van der Waals surface area contributed by atoms with Crippen molar-refractivity contribution in [2.75, 3.05) is 0 Å². The predicted octanol–water partition coefficient (Wildman–Crippen LogP) is 2.62. The average molecular weight is 262 g/mol. The summed E-state index contributed by atoms with van der Waals surface area (Å²) in [6, 6.07) is 7.24. The third-order valence-corrected chi connectivity index (χ3v) is 2.73. The Labute approximate surface area is 110 Å². The van der Waals surface area contributed by atoms with Gasteiger partial charge in [-0.1, -0.05) is 23.7 Å². The summed E-state index contributed by atoms with van der Waals surface area (Å²) in [4.78, 5) is 19.7. The van der Waals surface area contributed by atoms with Gasteiger partial charge >= 0.3 is 0 Å². The van der Waals surface area contributed by atoms with E-state index in [9.17, 15) is 4.79 Å². The fourth-order valence-electron chi connectivity index (χ4n) is 1.55. The van der Waals surface area contributed by atoms with Crippen LogP contribution in [-0.2, 0) is 0 Å². The second-order valence-electron chi connectivity index (χ2n) is 3.84. The zero-order valence-corrected chi connectivity index (χ0v) is 10.6. The molecule has 1 aromatic carbocycles. The molecule has 0 unspecified atom stereocenters. The molecule has 4 nitrogen and oxygen atoms in total. The van der Waals surface area contributed by atoms with E-state index in [-0.39, 0.29) is 11.9 Å². The van der Waals surface area contributed by atoms with Crippen molar-refractivity contribution in [3.63, 3.8) is 0 Å². The van der Waals surface area contributed by atoms with Crippen LogP contribution in [0.25, 0.3) is 0 Å². The van der Waals surface area contributed by atoms with Gasteiger partial charge in [0.1, 0.15) is 5.69 Å². The van der Waals surface area contributed by atoms with E-state index < -0.39 is 0 Å². The number of amides is 1. The highest BCUT2D eigenvalue weighted by Gasteiger charge is 2.12. The summed E-state index contributed by atoms with van der Waals surface area (Å²) in [6.07, 6.45) is 4.44. The monoisotopic (exact) mass is 261 g/mol. The summed E-state index contributed by atoms with van der Waals surface area (Å²) in [5.74, 6) is -0.254. The summed E-state index contributed by atoms with van der Waals surface area (Å²) >= 11 is 5.91. The highest BCUT2D eigenvalue weighted by molar-refractivity contribution is 6.30. The minimum atomic E-state index is -0.254. The molecule has 0 bridgehead atoms. The van der Waals surface area contributed by atoms with Crippen LogP contribution in [0.1, 0.15) is 29.0 Å². The lowest BCUT2D eigenvalue weighted by atomic mass is 10.1. The van der Waals surface area contributed by atoms with Crippen molar-refractivity contribution >= 4 is 17.5 Å². The SMILES string of the molecule is C[C@H](NC(=O)c1cnccn1)c1cccc(Cl)c1. The highest BCUT2D eigenvalue weighted by Crippen LogP contribution is 2.17. The average Bonchev–Trinajstić information content (AvgIpc) is 2.39. The van der Waals surface area contributed by atoms with Crippen molar-refractivity contribution in [3.05, 3.63) is 59.1 Å². The van der Waals surface area contributed by atoms with Crippen molar-refractivity contribution in [3.8, 4) is 0 Å². The molecule has 5 heteroatoms. The van der Waals surface area contributed by atoms with Crippen molar-refractivity contribution < 1.29 is 4.79 Å². The Bertz CT molecular complexity index is 545. The molecular formula is C13H12ClN3O. The first-order chi connectivity index (χ1) is 8.66. The lowest BCUT2D eigenvalue weighted by Crippen LogP contribution is -2.27. The summed E-state index contributed by atoms with van der Waals surface area (Å²) in [5, 5.41) is 3.49. The van der Waals surface area contributed by atoms with E-state index >= 15 is 0 Å². The number of rotatable bonds is 3. The van der Waals surface area contributed by atoms with Gasteiger partial charge in [-0.15, -0.1) is 0 Å². The van der Waals surface area contributed by atoms with Gasteiger partial charge in [-0.25, -0.2) is 4.98 Å². The number of carbonyl (C=O) groups is 1. The van der Waals surface area contributed by atoms with E-state index in [0.717, 1.165) is 5.56 Å². The number of nitrogens with one attached hydrogen (secondary N) is 1. The standard InChI is InChI=1S/C13H12ClN3O/c1-9(10-3-2-4-11(14)7-10)17-13(18)12-8-15-5-6-16-12/h2-9H,1H3,(H,17,18)/t9-/m0/s1. The molecule has 1 heterocycles. The first-order valence-corrected chi connectivity index (χ1v) is 5.87. The number of benzene rings is 1. The van der Waals surface area contributed by atoms with Crippen LogP contribution in [0.4, 0.5) is 0 Å². The van der Waals surface area contributed by atoms with Gasteiger partial charge in [0.15, 0.2) is 0 Å². The second kappa shape index (κ2) is 5.60. The van der Waals surface area contributed by atoms with Gasteiger partial charge in [0.05, 0.1) is 12.2 Å². The number of aromatic nitrogens is 2. The topological polar surface area (TPSA) is 54.9 Å². The van der Waals surface area contributed by atoms with Gasteiger partial charge in [0.2, 0.25) is 0 Å². The van der Waals surface area contributed by atoms with Gasteiger partial charge in [0.25, 0.3) is 5.91 Å². The maximum absolute atomic E-state index is 11.9. The summed E-state index contributed by atoms with van der Waals surface area (Å²) in [6.45, 7) is 1.89. The summed E-state index contributed by atoms with van der Waals surface area (Å²) < 4.78 is 0. The number of nitrogens with zero attached hydrogens (tertiary/aromatic N) is 2. The molecule has 1 aromatic heterocycles. The van der Waals surface area contributed by atoms with Crippen LogP contribution in [0, 0.1) is 0 Å². The van der Waals surface area contributed by atoms with E-state index in [1.165, 1.54) is 18.6 Å². The van der Waals surface area contributed by atoms with Gasteiger partial charge < -0.3 is 5.32 Å². The Morgan fingerprint density at radius 2 is 2.22 bits per heavy atom. The maximum Gasteiger partial charge on any atom is 0.271 e. The number of carbonyl (C=O) groups excluding carboxylic acids is 1. The number of hydrogen-bond acceptors (Lipinski definition) is 3. The predicted molar refractivity (Wildman–Crippen MR) is 69.4 cm³/mol. The van der Waals surface area contributed by atoms with Crippen LogP contribution in [0.15, 0.2) is 42.9 Å². The molecule has 0 aliphatic heterocycles. The van der Waals surface area contributed by atoms with Crippen LogP contribution in [0.3, 0.4) is 0 Å². The molecule has 0 radical (unpaired) electrons. The van der Waals surface area contributed by atoms with Gasteiger partial charge in [0, 0.05) is 17.4 Å². The van der Waals surface area contributed by atoms with E-state index in [4.69, 9.17) is 11.6 Å². The van der Waals surface area contributed by atoms with Crippen LogP contribution in [0.5, 0.6) is 0 Å². The minimum Gasteiger partial charge on any atom is -0.344 e. The molecule has 2 rings (SSSR count). The van der Waals surface area contributed by atoms with Crippen LogP contribution in [-0.4, -0.2) is 15.9 Å². The van der Waals surface area contributed by atoms with Crippen LogP contribution < -0.4 is 5.32 Å². The third-order valence-electron chi connectivity index (χ3n) is 2.49. The van der Waals surface area contributed by atoms with Gasteiger partial charge in [-0.2, -0.15) is 0 Å². The molecular weight excluding hydrogens is 250 g/mol. The minimum absolute atomic E-state index is 0.141. The van der Waals surface area contributed by atoms with E-state index in [2.05, 4.69) is 15.3 Å². The zero-order valence-electron chi connectivity index (χ0n) is 9.80. The van der Waals surface area contributed by atoms with Gasteiger partial charge in [-0.3, -0.25) is 9.78 Å². The fraction of sp³-hybridized carbons (Fsp3) is 0.154. The second-order valence-corrected chi connectivity index (χ2v) is 4.28. The first kappa shape index (κ1) is 12.5. The molecule has 2 aromatic rings. The first-order valence-electron chi connectivity index (χ1n) is 5.49. The molecule has 1 N–H and O–H groups in total. The van der Waals surface area contributed by atoms with E-state index in [1.807, 2.05) is 25.1 Å². The quantitative estimate of drug-likeness (QED) is 0.924. The Morgan fingerprint density at radius 1 is 1.39 bits per heavy atom. The van der Waals surface area contributed by atoms with Crippen molar-refractivity contribution in [1.29, 1.82) is 0 Å². The zero-order chi connectivity index (χ0) is 13.0. The summed E-state index contributed by atoms with van der Waals surface area (Å²) in [7, 11) is 0. The molecule has 92 valence electrons. The number of hydrogen-bond donors (Lipinski definition) is 1. The molecule has 0 aliphatic rings. The Kier molecular flexibility index (Phi) is 3.89. The molecule has 18 heavy (non-hydrogen) atoms. The fourth-order valence-corrected chi connectivity index (χ4v) is 1.74. The maximum atomic E-state index is 11.9. The molecule has 1 atom stereocenters. The van der Waals surface area contributed by atoms with Crippen molar-refractivity contribution in [2.24, 2.45) is 0 Å². The largest absolute Gasteiger partial charge is 0.344 e. The van der Waals surface area contributed by atoms with Crippen molar-refractivity contribution in [2.45, 2.75) is 13.0 Å². The Morgan fingerprint density at radius 3 is 2.89 bits per heavy atom. The lowest BCUT2D eigenvalue weighted by Gasteiger charge is -2.14. The lowest BCUT2D eigenvalue weighted by molar-refractivity contribution is 0.0934. The molecule has 1 amide bonds. The molecule has 0 fully saturated rings. The number of halogens is 1. The van der Waals surface area contributed by atoms with E-state index in [1.54, 1.807) is 6.07 Å². The molecule has 0 saturated heterocycles. The molecule has 0 spiro atoms. The normalized spacial score (nSPS) is 11.9. The van der Waals surface area contributed by atoms with E-state index in [0.29, 0.717) is 10.7 Å². The molecule has 0 saturated carbocycles. The highest BCUT2D eigenvalue weighted by atomic mass is 35.5. The Hall–Kier alpha value is -1.94. The van der Waals surface area contributed by atoms with Crippen molar-refractivity contribution in [1.82, 2.24) is 15.3 Å². The third kappa shape index (κ3) is 3.05. The molecule has 0 aliphatic carbocycles. The summed E-state index contributed by atoms with van der Waals surface area (Å²) in [5.41, 5.74) is 1.24. The van der Waals surface area contributed by atoms with Crippen LogP contribution in [0.2, 0.25) is 5.02 Å². The Balaban J connectivity index is 2.08.